The maximum Gasteiger partial charge on any atom is 0.407 e. The van der Waals surface area contributed by atoms with Crippen molar-refractivity contribution in [2.75, 3.05) is 7.11 Å². The van der Waals surface area contributed by atoms with Crippen molar-refractivity contribution >= 4 is 12.1 Å². The van der Waals surface area contributed by atoms with Crippen molar-refractivity contribution in [2.45, 2.75) is 44.8 Å². The highest BCUT2D eigenvalue weighted by atomic mass is 16.6. The second-order valence-corrected chi connectivity index (χ2v) is 6.16. The number of carbonyl (C=O) groups is 2. The number of ether oxygens (including phenoxy) is 2. The Morgan fingerprint density at radius 2 is 1.90 bits per heavy atom. The normalized spacial score (nSPS) is 20.6. The second-order valence-electron chi connectivity index (χ2n) is 6.16. The van der Waals surface area contributed by atoms with Crippen LogP contribution in [0.5, 0.6) is 0 Å². The molecule has 1 aliphatic rings. The van der Waals surface area contributed by atoms with Gasteiger partial charge < -0.3 is 14.8 Å². The summed E-state index contributed by atoms with van der Waals surface area (Å²) in [6.45, 7) is 5.40. The van der Waals surface area contributed by atoms with Crippen LogP contribution in [-0.2, 0) is 20.7 Å². The Hall–Kier alpha value is -2.04. The molecular formula is C16H21NO4. The topological polar surface area (TPSA) is 64.6 Å². The van der Waals surface area contributed by atoms with Crippen molar-refractivity contribution in [3.05, 3.63) is 35.4 Å². The van der Waals surface area contributed by atoms with Gasteiger partial charge in [0.15, 0.2) is 0 Å². The SMILES string of the molecule is COC(=O)[C@@H]1c2ccccc2CC1NC(=O)OC(C)(C)C. The van der Waals surface area contributed by atoms with Crippen LogP contribution in [0.1, 0.15) is 37.8 Å². The summed E-state index contributed by atoms with van der Waals surface area (Å²) in [5.41, 5.74) is 1.38. The molecule has 5 nitrogen and oxygen atoms in total. The number of nitrogens with one attached hydrogen (secondary N) is 1. The standard InChI is InChI=1S/C16H21NO4/c1-16(2,3)21-15(19)17-12-9-10-7-5-6-8-11(10)13(12)14(18)20-4/h5-8,12-13H,9H2,1-4H3,(H,17,19)/t12?,13-/m1/s1. The van der Waals surface area contributed by atoms with Gasteiger partial charge in [0.25, 0.3) is 0 Å². The second kappa shape index (κ2) is 5.76. The number of methoxy groups -OCH3 is 1. The number of hydrogen-bond acceptors (Lipinski definition) is 4. The minimum Gasteiger partial charge on any atom is -0.468 e. The summed E-state index contributed by atoms with van der Waals surface area (Å²) in [4.78, 5) is 24.0. The minimum absolute atomic E-state index is 0.343. The number of benzene rings is 1. The van der Waals surface area contributed by atoms with Crippen LogP contribution in [0.4, 0.5) is 4.79 Å². The number of esters is 1. The zero-order valence-electron chi connectivity index (χ0n) is 12.8. The molecule has 0 radical (unpaired) electrons. The van der Waals surface area contributed by atoms with Crippen LogP contribution in [0.2, 0.25) is 0 Å². The molecule has 2 rings (SSSR count). The fourth-order valence-electron chi connectivity index (χ4n) is 2.61. The summed E-state index contributed by atoms with van der Waals surface area (Å²) >= 11 is 0. The maximum atomic E-state index is 12.0. The van der Waals surface area contributed by atoms with E-state index in [1.54, 1.807) is 20.8 Å². The molecule has 0 aliphatic heterocycles. The molecule has 1 amide bonds. The van der Waals surface area contributed by atoms with E-state index in [1.807, 2.05) is 24.3 Å². The summed E-state index contributed by atoms with van der Waals surface area (Å²) < 4.78 is 10.1. The lowest BCUT2D eigenvalue weighted by Gasteiger charge is -2.24. The first-order valence-corrected chi connectivity index (χ1v) is 6.97. The smallest absolute Gasteiger partial charge is 0.407 e. The molecule has 2 atom stereocenters. The van der Waals surface area contributed by atoms with Gasteiger partial charge >= 0.3 is 12.1 Å². The third-order valence-corrected chi connectivity index (χ3v) is 3.39. The third kappa shape index (κ3) is 3.54. The highest BCUT2D eigenvalue weighted by Crippen LogP contribution is 2.34. The van der Waals surface area contributed by atoms with Crippen molar-refractivity contribution in [2.24, 2.45) is 0 Å². The highest BCUT2D eigenvalue weighted by Gasteiger charge is 2.39. The van der Waals surface area contributed by atoms with Gasteiger partial charge in [-0.3, -0.25) is 4.79 Å². The third-order valence-electron chi connectivity index (χ3n) is 3.39. The number of amides is 1. The van der Waals surface area contributed by atoms with E-state index in [0.717, 1.165) is 11.1 Å². The van der Waals surface area contributed by atoms with E-state index >= 15 is 0 Å². The lowest BCUT2D eigenvalue weighted by Crippen LogP contribution is -2.43. The number of rotatable bonds is 2. The Bertz CT molecular complexity index is 547. The Labute approximate surface area is 124 Å². The molecule has 21 heavy (non-hydrogen) atoms. The Balaban J connectivity index is 2.17. The van der Waals surface area contributed by atoms with E-state index in [0.29, 0.717) is 6.42 Å². The zero-order chi connectivity index (χ0) is 15.6. The predicted molar refractivity (Wildman–Crippen MR) is 78.1 cm³/mol. The molecule has 0 saturated heterocycles. The van der Waals surface area contributed by atoms with E-state index in [2.05, 4.69) is 5.32 Å². The van der Waals surface area contributed by atoms with Crippen LogP contribution in [0.3, 0.4) is 0 Å². The molecule has 1 aromatic rings. The molecule has 114 valence electrons. The van der Waals surface area contributed by atoms with Gasteiger partial charge in [-0.25, -0.2) is 4.79 Å². The first kappa shape index (κ1) is 15.4. The van der Waals surface area contributed by atoms with Crippen molar-refractivity contribution in [3.63, 3.8) is 0 Å². The molecule has 1 unspecified atom stereocenters. The van der Waals surface area contributed by atoms with Crippen LogP contribution < -0.4 is 5.32 Å². The minimum atomic E-state index is -0.573. The van der Waals surface area contributed by atoms with Gasteiger partial charge in [0, 0.05) is 0 Å². The summed E-state index contributed by atoms with van der Waals surface area (Å²) in [7, 11) is 1.35. The first-order chi connectivity index (χ1) is 9.81. The monoisotopic (exact) mass is 291 g/mol. The van der Waals surface area contributed by atoms with Gasteiger partial charge in [-0.05, 0) is 38.3 Å². The number of carbonyl (C=O) groups excluding carboxylic acids is 2. The van der Waals surface area contributed by atoms with Gasteiger partial charge in [0.2, 0.25) is 0 Å². The van der Waals surface area contributed by atoms with Crippen LogP contribution in [0, 0.1) is 0 Å². The van der Waals surface area contributed by atoms with E-state index in [4.69, 9.17) is 9.47 Å². The molecular weight excluding hydrogens is 270 g/mol. The van der Waals surface area contributed by atoms with E-state index in [1.165, 1.54) is 7.11 Å². The summed E-state index contributed by atoms with van der Waals surface area (Å²) in [6.07, 6.45) is 0.0732. The summed E-state index contributed by atoms with van der Waals surface area (Å²) in [6, 6.07) is 7.31. The van der Waals surface area contributed by atoms with Crippen molar-refractivity contribution in [1.82, 2.24) is 5.32 Å². The van der Waals surface area contributed by atoms with E-state index in [9.17, 15) is 9.59 Å². The van der Waals surface area contributed by atoms with Crippen molar-refractivity contribution < 1.29 is 19.1 Å². The number of alkyl carbamates (subject to hydrolysis) is 1. The molecule has 1 N–H and O–H groups in total. The molecule has 0 heterocycles. The zero-order valence-corrected chi connectivity index (χ0v) is 12.8. The van der Waals surface area contributed by atoms with Crippen LogP contribution >= 0.6 is 0 Å². The average Bonchev–Trinajstić information content (AvgIpc) is 2.73. The Kier molecular flexibility index (Phi) is 4.21. The van der Waals surface area contributed by atoms with Gasteiger partial charge in [0.1, 0.15) is 11.5 Å². The Morgan fingerprint density at radius 1 is 1.24 bits per heavy atom. The summed E-state index contributed by atoms with van der Waals surface area (Å²) in [5, 5.41) is 2.79. The van der Waals surface area contributed by atoms with Gasteiger partial charge in [-0.2, -0.15) is 0 Å². The van der Waals surface area contributed by atoms with Crippen molar-refractivity contribution in [1.29, 1.82) is 0 Å². The van der Waals surface area contributed by atoms with Crippen LogP contribution in [0.25, 0.3) is 0 Å². The van der Waals surface area contributed by atoms with E-state index < -0.39 is 17.6 Å². The largest absolute Gasteiger partial charge is 0.468 e. The highest BCUT2D eigenvalue weighted by molar-refractivity contribution is 5.82. The number of hydrogen-bond donors (Lipinski definition) is 1. The van der Waals surface area contributed by atoms with E-state index in [-0.39, 0.29) is 12.0 Å². The quantitative estimate of drug-likeness (QED) is 0.850. The number of fused-ring (bicyclic) bond motifs is 1. The average molecular weight is 291 g/mol. The molecule has 5 heteroatoms. The van der Waals surface area contributed by atoms with Crippen molar-refractivity contribution in [3.8, 4) is 0 Å². The molecule has 1 aromatic carbocycles. The summed E-state index contributed by atoms with van der Waals surface area (Å²) in [5.74, 6) is -0.834. The fraction of sp³-hybridized carbons (Fsp3) is 0.500. The molecule has 1 aliphatic carbocycles. The molecule has 0 aromatic heterocycles. The molecule has 0 fully saturated rings. The Morgan fingerprint density at radius 3 is 2.52 bits per heavy atom. The lowest BCUT2D eigenvalue weighted by atomic mass is 9.98. The predicted octanol–water partition coefficient (Wildman–Crippen LogP) is 2.39. The van der Waals surface area contributed by atoms with Crippen LogP contribution in [0.15, 0.2) is 24.3 Å². The molecule has 0 spiro atoms. The maximum absolute atomic E-state index is 12.0. The van der Waals surface area contributed by atoms with Gasteiger partial charge in [-0.15, -0.1) is 0 Å². The molecule has 0 saturated carbocycles. The van der Waals surface area contributed by atoms with Gasteiger partial charge in [0.05, 0.1) is 13.2 Å². The fourth-order valence-corrected chi connectivity index (χ4v) is 2.61. The lowest BCUT2D eigenvalue weighted by molar-refractivity contribution is -0.142. The van der Waals surface area contributed by atoms with Gasteiger partial charge in [-0.1, -0.05) is 24.3 Å². The first-order valence-electron chi connectivity index (χ1n) is 6.97. The van der Waals surface area contributed by atoms with Crippen LogP contribution in [-0.4, -0.2) is 30.8 Å². The molecule has 0 bridgehead atoms.